The molecule has 0 aromatic rings. The molecule has 32 heavy (non-hydrogen) atoms. The van der Waals surface area contributed by atoms with E-state index in [1.54, 1.807) is 26.0 Å². The largest absolute Gasteiger partial charge is 0.458 e. The molecule has 4 nitrogen and oxygen atoms in total. The number of carbonyl (C=O) groups is 2. The topological polar surface area (TPSA) is 52.6 Å². The van der Waals surface area contributed by atoms with E-state index < -0.39 is 0 Å². The van der Waals surface area contributed by atoms with Crippen molar-refractivity contribution in [2.45, 2.75) is 80.1 Å². The number of hydrogen-bond donors (Lipinski definition) is 0. The van der Waals surface area contributed by atoms with Gasteiger partial charge in [-0.3, -0.25) is 0 Å². The predicted octanol–water partition coefficient (Wildman–Crippen LogP) is 7.35. The Morgan fingerprint density at radius 2 is 1.19 bits per heavy atom. The lowest BCUT2D eigenvalue weighted by molar-refractivity contribution is -0.137. The third-order valence-electron chi connectivity index (χ3n) is 4.68. The molecular weight excluding hydrogens is 400 g/mol. The van der Waals surface area contributed by atoms with E-state index in [4.69, 9.17) is 9.47 Å². The van der Waals surface area contributed by atoms with Crippen LogP contribution in [0.1, 0.15) is 80.1 Å². The van der Waals surface area contributed by atoms with Crippen molar-refractivity contribution in [2.75, 3.05) is 13.2 Å². The maximum atomic E-state index is 11.7. The van der Waals surface area contributed by atoms with E-state index in [1.807, 2.05) is 13.0 Å². The second-order valence-electron chi connectivity index (χ2n) is 8.10. The molecule has 178 valence electrons. The van der Waals surface area contributed by atoms with Crippen LogP contribution in [-0.4, -0.2) is 25.2 Å². The molecule has 0 spiro atoms. The second kappa shape index (κ2) is 19.1. The van der Waals surface area contributed by atoms with Gasteiger partial charge in [-0.2, -0.15) is 0 Å². The summed E-state index contributed by atoms with van der Waals surface area (Å²) in [5, 5.41) is 0. The summed E-state index contributed by atoms with van der Waals surface area (Å²) in [4.78, 5) is 23.0. The summed E-state index contributed by atoms with van der Waals surface area (Å²) in [6.45, 7) is 12.6. The predicted molar refractivity (Wildman–Crippen MR) is 134 cm³/mol. The highest BCUT2D eigenvalue weighted by Gasteiger charge is 2.03. The number of rotatable bonds is 15. The standard InChI is InChI=1S/C28H42O4/c1-7-12-27(29)31-21-20-25(6)17-11-19-26(22-32-28(30)13-8-2)18-10-16-24(5)15-9-14-23(3)4/h7-8,12-14,16,19-20H,9-11,15,17-18,21-22H2,1-6H3/b12-7+,13-8+,24-16+,25-20+,26-19-. The zero-order valence-electron chi connectivity index (χ0n) is 20.9. The van der Waals surface area contributed by atoms with Gasteiger partial charge in [-0.25, -0.2) is 9.59 Å². The lowest BCUT2D eigenvalue weighted by Crippen LogP contribution is -2.05. The first kappa shape index (κ1) is 29.4. The summed E-state index contributed by atoms with van der Waals surface area (Å²) in [5.41, 5.74) is 5.03. The maximum Gasteiger partial charge on any atom is 0.330 e. The molecule has 0 saturated carbocycles. The minimum atomic E-state index is -0.328. The molecule has 0 atom stereocenters. The summed E-state index contributed by atoms with van der Waals surface area (Å²) >= 11 is 0. The Bertz CT molecular complexity index is 741. The zero-order valence-corrected chi connectivity index (χ0v) is 20.9. The van der Waals surface area contributed by atoms with Gasteiger partial charge in [0.05, 0.1) is 0 Å². The average molecular weight is 443 g/mol. The van der Waals surface area contributed by atoms with Crippen LogP contribution in [-0.2, 0) is 19.1 Å². The van der Waals surface area contributed by atoms with Crippen molar-refractivity contribution >= 4 is 11.9 Å². The Morgan fingerprint density at radius 1 is 0.656 bits per heavy atom. The molecule has 0 aromatic carbocycles. The first-order chi connectivity index (χ1) is 15.3. The van der Waals surface area contributed by atoms with Crippen LogP contribution in [0.4, 0.5) is 0 Å². The van der Waals surface area contributed by atoms with E-state index in [0.717, 1.165) is 49.7 Å². The molecule has 4 heteroatoms. The molecule has 0 aliphatic carbocycles. The van der Waals surface area contributed by atoms with E-state index in [9.17, 15) is 9.59 Å². The van der Waals surface area contributed by atoms with Crippen LogP contribution in [0.25, 0.3) is 0 Å². The van der Waals surface area contributed by atoms with E-state index in [0.29, 0.717) is 6.61 Å². The minimum absolute atomic E-state index is 0.281. The van der Waals surface area contributed by atoms with E-state index in [-0.39, 0.29) is 18.5 Å². The van der Waals surface area contributed by atoms with Crippen LogP contribution in [0.3, 0.4) is 0 Å². The van der Waals surface area contributed by atoms with Gasteiger partial charge in [0.15, 0.2) is 0 Å². The Labute approximate surface area is 195 Å². The number of carbonyl (C=O) groups excluding carboxylic acids is 2. The van der Waals surface area contributed by atoms with E-state index in [1.165, 1.54) is 23.3 Å². The zero-order chi connectivity index (χ0) is 24.2. The van der Waals surface area contributed by atoms with Gasteiger partial charge in [-0.1, -0.05) is 47.1 Å². The van der Waals surface area contributed by atoms with Crippen LogP contribution in [0.15, 0.2) is 70.9 Å². The summed E-state index contributed by atoms with van der Waals surface area (Å²) in [6, 6.07) is 0. The minimum Gasteiger partial charge on any atom is -0.458 e. The van der Waals surface area contributed by atoms with Crippen molar-refractivity contribution in [1.82, 2.24) is 0 Å². The van der Waals surface area contributed by atoms with E-state index in [2.05, 4.69) is 39.0 Å². The van der Waals surface area contributed by atoms with Gasteiger partial charge in [0.1, 0.15) is 13.2 Å². The number of allylic oxidation sites excluding steroid dienone is 8. The fourth-order valence-electron chi connectivity index (χ4n) is 2.83. The molecule has 0 amide bonds. The quantitative estimate of drug-likeness (QED) is 0.151. The fraction of sp³-hybridized carbons (Fsp3) is 0.500. The summed E-state index contributed by atoms with van der Waals surface area (Å²) in [7, 11) is 0. The van der Waals surface area contributed by atoms with Gasteiger partial charge in [0.2, 0.25) is 0 Å². The lowest BCUT2D eigenvalue weighted by Gasteiger charge is -2.08. The van der Waals surface area contributed by atoms with Gasteiger partial charge < -0.3 is 9.47 Å². The van der Waals surface area contributed by atoms with Crippen molar-refractivity contribution in [1.29, 1.82) is 0 Å². The number of hydrogen-bond acceptors (Lipinski definition) is 4. The van der Waals surface area contributed by atoms with Crippen LogP contribution in [0.5, 0.6) is 0 Å². The van der Waals surface area contributed by atoms with Crippen LogP contribution in [0, 0.1) is 0 Å². The molecule has 0 aliphatic heterocycles. The summed E-state index contributed by atoms with van der Waals surface area (Å²) in [6.07, 6.45) is 20.5. The highest BCUT2D eigenvalue weighted by atomic mass is 16.5. The Kier molecular flexibility index (Phi) is 17.5. The molecular formula is C28H42O4. The average Bonchev–Trinajstić information content (AvgIpc) is 2.71. The third-order valence-corrected chi connectivity index (χ3v) is 4.68. The first-order valence-corrected chi connectivity index (χ1v) is 11.5. The first-order valence-electron chi connectivity index (χ1n) is 11.5. The van der Waals surface area contributed by atoms with Gasteiger partial charge in [-0.15, -0.1) is 0 Å². The van der Waals surface area contributed by atoms with Gasteiger partial charge in [0, 0.05) is 12.2 Å². The molecule has 0 fully saturated rings. The van der Waals surface area contributed by atoms with Gasteiger partial charge in [-0.05, 0) is 91.7 Å². The molecule has 0 heterocycles. The van der Waals surface area contributed by atoms with Gasteiger partial charge >= 0.3 is 11.9 Å². The highest BCUT2D eigenvalue weighted by molar-refractivity contribution is 5.82. The molecule has 0 bridgehead atoms. The molecule has 0 saturated heterocycles. The van der Waals surface area contributed by atoms with Crippen molar-refractivity contribution < 1.29 is 19.1 Å². The van der Waals surface area contributed by atoms with Gasteiger partial charge in [0.25, 0.3) is 0 Å². The molecule has 0 aliphatic rings. The van der Waals surface area contributed by atoms with Crippen LogP contribution < -0.4 is 0 Å². The highest BCUT2D eigenvalue weighted by Crippen LogP contribution is 2.15. The van der Waals surface area contributed by atoms with E-state index >= 15 is 0 Å². The molecule has 0 radical (unpaired) electrons. The smallest absolute Gasteiger partial charge is 0.330 e. The van der Waals surface area contributed by atoms with Crippen LogP contribution in [0.2, 0.25) is 0 Å². The third kappa shape index (κ3) is 18.2. The SMILES string of the molecule is C/C=C/C(=O)OC/C=C(\C)CC/C=C(/CC/C=C(\C)CCC=C(C)C)COC(=O)/C=C/C. The normalized spacial score (nSPS) is 13.0. The monoisotopic (exact) mass is 442 g/mol. The molecule has 0 unspecified atom stereocenters. The Balaban J connectivity index is 4.75. The number of ether oxygens (including phenoxy) is 2. The van der Waals surface area contributed by atoms with Crippen molar-refractivity contribution in [3.05, 3.63) is 70.9 Å². The summed E-state index contributed by atoms with van der Waals surface area (Å²) < 4.78 is 10.5. The Morgan fingerprint density at radius 3 is 1.78 bits per heavy atom. The molecule has 0 aromatic heterocycles. The lowest BCUT2D eigenvalue weighted by atomic mass is 10.0. The molecule has 0 rings (SSSR count). The number of esters is 2. The maximum absolute atomic E-state index is 11.7. The fourth-order valence-corrected chi connectivity index (χ4v) is 2.83. The van der Waals surface area contributed by atoms with Crippen molar-refractivity contribution in [3.63, 3.8) is 0 Å². The molecule has 0 N–H and O–H groups in total. The van der Waals surface area contributed by atoms with Crippen molar-refractivity contribution in [2.24, 2.45) is 0 Å². The summed E-state index contributed by atoms with van der Waals surface area (Å²) in [5.74, 6) is -0.642. The Hall–Kier alpha value is -2.62. The second-order valence-corrected chi connectivity index (χ2v) is 8.10. The van der Waals surface area contributed by atoms with Crippen molar-refractivity contribution in [3.8, 4) is 0 Å². The van der Waals surface area contributed by atoms with Crippen LogP contribution >= 0.6 is 0 Å².